The van der Waals surface area contributed by atoms with Crippen LogP contribution >= 0.6 is 0 Å². The highest BCUT2D eigenvalue weighted by atomic mass is 16.2. The van der Waals surface area contributed by atoms with Gasteiger partial charge in [-0.05, 0) is 37.7 Å². The molecule has 3 rings (SSSR count). The summed E-state index contributed by atoms with van der Waals surface area (Å²) in [5, 5.41) is 8.80. The van der Waals surface area contributed by atoms with E-state index in [0.29, 0.717) is 23.1 Å². The van der Waals surface area contributed by atoms with Crippen molar-refractivity contribution in [3.63, 3.8) is 0 Å². The van der Waals surface area contributed by atoms with Crippen molar-refractivity contribution in [2.75, 3.05) is 13.2 Å². The number of nitrogens with zero attached hydrogens (tertiary/aromatic N) is 2. The normalized spacial score (nSPS) is 17.2. The SMILES string of the molecule is O=C(c1ccncc1C#CCO)N(CC1CC1)C1CC1. The molecule has 1 heterocycles. The maximum absolute atomic E-state index is 12.7. The van der Waals surface area contributed by atoms with E-state index in [9.17, 15) is 4.79 Å². The minimum Gasteiger partial charge on any atom is -0.384 e. The highest BCUT2D eigenvalue weighted by molar-refractivity contribution is 5.97. The Bertz CT molecular complexity index is 565. The Morgan fingerprint density at radius 1 is 1.40 bits per heavy atom. The zero-order chi connectivity index (χ0) is 13.9. The third kappa shape index (κ3) is 3.00. The monoisotopic (exact) mass is 270 g/mol. The second-order valence-electron chi connectivity index (χ2n) is 5.51. The standard InChI is InChI=1S/C16H18N2O2/c19-9-1-2-13-10-17-8-7-15(13)16(20)18(14-5-6-14)11-12-3-4-12/h7-8,10,12,14,19H,3-6,9,11H2. The Morgan fingerprint density at radius 3 is 2.85 bits per heavy atom. The molecule has 0 aliphatic heterocycles. The summed E-state index contributed by atoms with van der Waals surface area (Å²) >= 11 is 0. The van der Waals surface area contributed by atoms with Gasteiger partial charge in [0, 0.05) is 25.0 Å². The van der Waals surface area contributed by atoms with Crippen LogP contribution in [0.1, 0.15) is 41.6 Å². The van der Waals surface area contributed by atoms with Gasteiger partial charge >= 0.3 is 0 Å². The first kappa shape index (κ1) is 13.1. The summed E-state index contributed by atoms with van der Waals surface area (Å²) in [5.74, 6) is 6.16. The third-order valence-corrected chi connectivity index (χ3v) is 3.75. The van der Waals surface area contributed by atoms with Crippen LogP contribution in [0.3, 0.4) is 0 Å². The Morgan fingerprint density at radius 2 is 2.20 bits per heavy atom. The second-order valence-corrected chi connectivity index (χ2v) is 5.51. The molecule has 0 spiro atoms. The molecular formula is C16H18N2O2. The molecule has 2 saturated carbocycles. The molecule has 0 unspecified atom stereocenters. The maximum Gasteiger partial charge on any atom is 0.255 e. The Labute approximate surface area is 118 Å². The van der Waals surface area contributed by atoms with E-state index in [4.69, 9.17) is 5.11 Å². The number of amides is 1. The van der Waals surface area contributed by atoms with Crippen molar-refractivity contribution in [3.05, 3.63) is 29.6 Å². The average Bonchev–Trinajstić information content (AvgIpc) is 3.35. The fourth-order valence-corrected chi connectivity index (χ4v) is 2.33. The zero-order valence-electron chi connectivity index (χ0n) is 11.4. The quantitative estimate of drug-likeness (QED) is 0.842. The van der Waals surface area contributed by atoms with Gasteiger partial charge in [0.2, 0.25) is 0 Å². The van der Waals surface area contributed by atoms with Crippen molar-refractivity contribution in [2.24, 2.45) is 5.92 Å². The smallest absolute Gasteiger partial charge is 0.255 e. The summed E-state index contributed by atoms with van der Waals surface area (Å²) in [5.41, 5.74) is 1.21. The van der Waals surface area contributed by atoms with Crippen LogP contribution in [0.2, 0.25) is 0 Å². The summed E-state index contributed by atoms with van der Waals surface area (Å²) in [4.78, 5) is 18.8. The molecule has 2 aliphatic carbocycles. The van der Waals surface area contributed by atoms with Gasteiger partial charge in [-0.2, -0.15) is 0 Å². The van der Waals surface area contributed by atoms with Crippen molar-refractivity contribution in [2.45, 2.75) is 31.7 Å². The molecule has 1 N–H and O–H groups in total. The molecule has 0 bridgehead atoms. The Hall–Kier alpha value is -1.86. The first-order valence-corrected chi connectivity index (χ1v) is 7.14. The van der Waals surface area contributed by atoms with E-state index in [1.807, 2.05) is 4.90 Å². The summed E-state index contributed by atoms with van der Waals surface area (Å²) in [7, 11) is 0. The molecule has 1 aromatic heterocycles. The minimum atomic E-state index is -0.211. The van der Waals surface area contributed by atoms with E-state index >= 15 is 0 Å². The maximum atomic E-state index is 12.7. The first-order valence-electron chi connectivity index (χ1n) is 7.14. The fraction of sp³-hybridized carbons (Fsp3) is 0.500. The van der Waals surface area contributed by atoms with Gasteiger partial charge in [-0.1, -0.05) is 11.8 Å². The lowest BCUT2D eigenvalue weighted by Gasteiger charge is -2.22. The molecule has 0 saturated heterocycles. The van der Waals surface area contributed by atoms with E-state index in [1.54, 1.807) is 18.5 Å². The van der Waals surface area contributed by atoms with E-state index in [1.165, 1.54) is 12.8 Å². The number of aliphatic hydroxyl groups is 1. The highest BCUT2D eigenvalue weighted by Gasteiger charge is 2.37. The zero-order valence-corrected chi connectivity index (χ0v) is 11.4. The topological polar surface area (TPSA) is 53.4 Å². The van der Waals surface area contributed by atoms with Gasteiger partial charge in [-0.25, -0.2) is 0 Å². The molecule has 4 nitrogen and oxygen atoms in total. The van der Waals surface area contributed by atoms with Crippen molar-refractivity contribution in [3.8, 4) is 11.8 Å². The number of hydrogen-bond acceptors (Lipinski definition) is 3. The van der Waals surface area contributed by atoms with E-state index in [-0.39, 0.29) is 12.5 Å². The number of hydrogen-bond donors (Lipinski definition) is 1. The largest absolute Gasteiger partial charge is 0.384 e. The van der Waals surface area contributed by atoms with Crippen molar-refractivity contribution < 1.29 is 9.90 Å². The predicted molar refractivity (Wildman–Crippen MR) is 75.0 cm³/mol. The number of aliphatic hydroxyl groups excluding tert-OH is 1. The van der Waals surface area contributed by atoms with Gasteiger partial charge in [-0.3, -0.25) is 9.78 Å². The Kier molecular flexibility index (Phi) is 3.70. The summed E-state index contributed by atoms with van der Waals surface area (Å²) in [6.45, 7) is 0.662. The first-order chi connectivity index (χ1) is 9.79. The van der Waals surface area contributed by atoms with Gasteiger partial charge in [-0.15, -0.1) is 0 Å². The van der Waals surface area contributed by atoms with Gasteiger partial charge in [0.25, 0.3) is 5.91 Å². The molecule has 20 heavy (non-hydrogen) atoms. The molecule has 1 amide bonds. The molecular weight excluding hydrogens is 252 g/mol. The summed E-state index contributed by atoms with van der Waals surface area (Å²) in [6.07, 6.45) is 7.92. The van der Waals surface area contributed by atoms with Gasteiger partial charge in [0.05, 0.1) is 11.1 Å². The van der Waals surface area contributed by atoms with E-state index < -0.39 is 0 Å². The molecule has 0 atom stereocenters. The Balaban J connectivity index is 1.84. The van der Waals surface area contributed by atoms with Crippen LogP contribution in [0.4, 0.5) is 0 Å². The summed E-state index contributed by atoms with van der Waals surface area (Å²) in [6, 6.07) is 2.14. The van der Waals surface area contributed by atoms with Crippen molar-refractivity contribution in [1.29, 1.82) is 0 Å². The third-order valence-electron chi connectivity index (χ3n) is 3.75. The lowest BCUT2D eigenvalue weighted by Crippen LogP contribution is -2.35. The van der Waals surface area contributed by atoms with E-state index in [0.717, 1.165) is 19.4 Å². The van der Waals surface area contributed by atoms with Crippen LogP contribution < -0.4 is 0 Å². The van der Waals surface area contributed by atoms with Crippen LogP contribution in [0, 0.1) is 17.8 Å². The van der Waals surface area contributed by atoms with Crippen LogP contribution in [0.5, 0.6) is 0 Å². The van der Waals surface area contributed by atoms with Crippen LogP contribution in [0.15, 0.2) is 18.5 Å². The number of carbonyl (C=O) groups excluding carboxylic acids is 1. The molecule has 104 valence electrons. The number of carbonyl (C=O) groups is 1. The fourth-order valence-electron chi connectivity index (χ4n) is 2.33. The van der Waals surface area contributed by atoms with Crippen LogP contribution in [-0.2, 0) is 0 Å². The van der Waals surface area contributed by atoms with Gasteiger partial charge in [0.15, 0.2) is 0 Å². The van der Waals surface area contributed by atoms with Gasteiger partial charge in [0.1, 0.15) is 6.61 Å². The minimum absolute atomic E-state index is 0.0593. The number of pyridine rings is 1. The van der Waals surface area contributed by atoms with E-state index in [2.05, 4.69) is 16.8 Å². The predicted octanol–water partition coefficient (Wildman–Crippen LogP) is 1.44. The number of aromatic nitrogens is 1. The second kappa shape index (κ2) is 5.64. The molecule has 1 aromatic rings. The van der Waals surface area contributed by atoms with Crippen molar-refractivity contribution in [1.82, 2.24) is 9.88 Å². The molecule has 2 aliphatic rings. The average molecular weight is 270 g/mol. The van der Waals surface area contributed by atoms with Crippen molar-refractivity contribution >= 4 is 5.91 Å². The lowest BCUT2D eigenvalue weighted by molar-refractivity contribution is 0.0734. The number of rotatable bonds is 4. The summed E-state index contributed by atoms with van der Waals surface area (Å²) < 4.78 is 0. The lowest BCUT2D eigenvalue weighted by atomic mass is 10.1. The van der Waals surface area contributed by atoms with Crippen LogP contribution in [0.25, 0.3) is 0 Å². The molecule has 0 aromatic carbocycles. The molecule has 0 radical (unpaired) electrons. The highest BCUT2D eigenvalue weighted by Crippen LogP contribution is 2.35. The molecule has 4 heteroatoms. The van der Waals surface area contributed by atoms with Crippen LogP contribution in [-0.4, -0.2) is 40.1 Å². The molecule has 2 fully saturated rings. The van der Waals surface area contributed by atoms with Gasteiger partial charge < -0.3 is 10.0 Å².